The van der Waals surface area contributed by atoms with Crippen LogP contribution < -0.4 is 16.4 Å². The molecule has 20 heavy (non-hydrogen) atoms. The smallest absolute Gasteiger partial charge is 0.319 e. The van der Waals surface area contributed by atoms with E-state index < -0.39 is 27.8 Å². The minimum atomic E-state index is -3.33. The molecule has 0 fully saturated rings. The lowest BCUT2D eigenvalue weighted by molar-refractivity contribution is -0.118. The first-order valence-electron chi connectivity index (χ1n) is 5.84. The van der Waals surface area contributed by atoms with Crippen molar-refractivity contribution >= 4 is 27.5 Å². The number of rotatable bonds is 5. The second kappa shape index (κ2) is 6.38. The minimum Gasteiger partial charge on any atom is -0.370 e. The van der Waals surface area contributed by atoms with Gasteiger partial charge in [-0.3, -0.25) is 4.79 Å². The largest absolute Gasteiger partial charge is 0.370 e. The molecule has 0 saturated carbocycles. The highest BCUT2D eigenvalue weighted by Crippen LogP contribution is 2.15. The predicted octanol–water partition coefficient (Wildman–Crippen LogP) is 0.475. The first-order valence-corrected chi connectivity index (χ1v) is 7.73. The van der Waals surface area contributed by atoms with Crippen LogP contribution in [0.4, 0.5) is 10.5 Å². The molecule has 8 heteroatoms. The number of nitrogens with two attached hydrogens (primary N) is 1. The molecule has 1 atom stereocenters. The highest BCUT2D eigenvalue weighted by atomic mass is 32.2. The molecular weight excluding hydrogens is 282 g/mol. The number of sulfone groups is 1. The fourth-order valence-electron chi connectivity index (χ4n) is 1.55. The van der Waals surface area contributed by atoms with Crippen molar-refractivity contribution in [2.45, 2.75) is 24.3 Å². The lowest BCUT2D eigenvalue weighted by Gasteiger charge is -2.13. The maximum absolute atomic E-state index is 11.6. The Bertz CT molecular complexity index is 613. The summed E-state index contributed by atoms with van der Waals surface area (Å²) in [5.74, 6) is -0.517. The van der Waals surface area contributed by atoms with Crippen molar-refractivity contribution in [1.82, 2.24) is 5.32 Å². The zero-order valence-corrected chi connectivity index (χ0v) is 12.0. The molecule has 7 nitrogen and oxygen atoms in total. The SMILES string of the molecule is C[C@@H](CC(N)=O)NC(=O)Nc1cccc(S(C)(=O)=O)c1. The summed E-state index contributed by atoms with van der Waals surface area (Å²) in [5.41, 5.74) is 5.36. The van der Waals surface area contributed by atoms with E-state index in [4.69, 9.17) is 5.73 Å². The van der Waals surface area contributed by atoms with Gasteiger partial charge < -0.3 is 16.4 Å². The topological polar surface area (TPSA) is 118 Å². The van der Waals surface area contributed by atoms with E-state index in [0.717, 1.165) is 6.26 Å². The number of anilines is 1. The van der Waals surface area contributed by atoms with Crippen LogP contribution in [0.25, 0.3) is 0 Å². The summed E-state index contributed by atoms with van der Waals surface area (Å²) >= 11 is 0. The second-order valence-corrected chi connectivity index (χ2v) is 6.49. The van der Waals surface area contributed by atoms with Crippen molar-refractivity contribution in [3.05, 3.63) is 24.3 Å². The van der Waals surface area contributed by atoms with E-state index in [1.165, 1.54) is 18.2 Å². The van der Waals surface area contributed by atoms with Crippen LogP contribution in [0.1, 0.15) is 13.3 Å². The van der Waals surface area contributed by atoms with Crippen LogP contribution in [-0.4, -0.2) is 32.7 Å². The van der Waals surface area contributed by atoms with E-state index in [2.05, 4.69) is 10.6 Å². The Morgan fingerprint density at radius 3 is 2.55 bits per heavy atom. The molecule has 1 rings (SSSR count). The molecule has 0 radical (unpaired) electrons. The highest BCUT2D eigenvalue weighted by molar-refractivity contribution is 7.90. The number of carbonyl (C=O) groups is 2. The fourth-order valence-corrected chi connectivity index (χ4v) is 2.22. The maximum atomic E-state index is 11.6. The summed E-state index contributed by atoms with van der Waals surface area (Å²) < 4.78 is 22.8. The summed E-state index contributed by atoms with van der Waals surface area (Å²) in [6.07, 6.45) is 1.11. The lowest BCUT2D eigenvalue weighted by atomic mass is 10.2. The minimum absolute atomic E-state index is 0.0246. The van der Waals surface area contributed by atoms with Gasteiger partial charge in [0.1, 0.15) is 0 Å². The monoisotopic (exact) mass is 299 g/mol. The summed E-state index contributed by atoms with van der Waals surface area (Å²) in [6.45, 7) is 1.64. The highest BCUT2D eigenvalue weighted by Gasteiger charge is 2.11. The summed E-state index contributed by atoms with van der Waals surface area (Å²) in [6, 6.07) is 4.93. The van der Waals surface area contributed by atoms with Gasteiger partial charge in [-0.25, -0.2) is 13.2 Å². The molecule has 4 N–H and O–H groups in total. The Morgan fingerprint density at radius 2 is 2.00 bits per heavy atom. The average Bonchev–Trinajstić information content (AvgIpc) is 2.26. The average molecular weight is 299 g/mol. The quantitative estimate of drug-likeness (QED) is 0.732. The molecule has 0 bridgehead atoms. The van der Waals surface area contributed by atoms with Gasteiger partial charge in [0.15, 0.2) is 9.84 Å². The number of hydrogen-bond acceptors (Lipinski definition) is 4. The van der Waals surface area contributed by atoms with E-state index in [1.54, 1.807) is 13.0 Å². The van der Waals surface area contributed by atoms with Crippen LogP contribution in [0, 0.1) is 0 Å². The van der Waals surface area contributed by atoms with Crippen molar-refractivity contribution in [1.29, 1.82) is 0 Å². The molecule has 3 amide bonds. The van der Waals surface area contributed by atoms with Crippen LogP contribution in [0.3, 0.4) is 0 Å². The van der Waals surface area contributed by atoms with Gasteiger partial charge in [-0.15, -0.1) is 0 Å². The number of nitrogens with one attached hydrogen (secondary N) is 2. The maximum Gasteiger partial charge on any atom is 0.319 e. The van der Waals surface area contributed by atoms with Crippen molar-refractivity contribution in [2.75, 3.05) is 11.6 Å². The van der Waals surface area contributed by atoms with Crippen LogP contribution in [0.2, 0.25) is 0 Å². The molecular formula is C12H17N3O4S. The van der Waals surface area contributed by atoms with E-state index in [0.29, 0.717) is 5.69 Å². The van der Waals surface area contributed by atoms with Gasteiger partial charge in [-0.05, 0) is 25.1 Å². The van der Waals surface area contributed by atoms with Gasteiger partial charge in [0.25, 0.3) is 0 Å². The zero-order chi connectivity index (χ0) is 15.3. The molecule has 0 saturated heterocycles. The number of carbonyl (C=O) groups excluding carboxylic acids is 2. The van der Waals surface area contributed by atoms with Crippen LogP contribution in [-0.2, 0) is 14.6 Å². The van der Waals surface area contributed by atoms with E-state index in [1.807, 2.05) is 0 Å². The van der Waals surface area contributed by atoms with Gasteiger partial charge in [-0.1, -0.05) is 6.07 Å². The van der Waals surface area contributed by atoms with Crippen molar-refractivity contribution in [2.24, 2.45) is 5.73 Å². The molecule has 0 unspecified atom stereocenters. The summed E-state index contributed by atoms with van der Waals surface area (Å²) in [4.78, 5) is 22.4. The zero-order valence-electron chi connectivity index (χ0n) is 11.2. The Hall–Kier alpha value is -2.09. The van der Waals surface area contributed by atoms with Crippen molar-refractivity contribution < 1.29 is 18.0 Å². The van der Waals surface area contributed by atoms with Gasteiger partial charge in [0.2, 0.25) is 5.91 Å². The number of hydrogen-bond donors (Lipinski definition) is 3. The lowest BCUT2D eigenvalue weighted by Crippen LogP contribution is -2.38. The number of amides is 3. The van der Waals surface area contributed by atoms with Crippen molar-refractivity contribution in [3.8, 4) is 0 Å². The molecule has 110 valence electrons. The molecule has 0 spiro atoms. The standard InChI is InChI=1S/C12H17N3O4S/c1-8(6-11(13)16)14-12(17)15-9-4-3-5-10(7-9)20(2,18)19/h3-5,7-8H,6H2,1-2H3,(H2,13,16)(H2,14,15,17)/t8-/m0/s1. The summed E-state index contributed by atoms with van der Waals surface area (Å²) in [5, 5.41) is 5.01. The fraction of sp³-hybridized carbons (Fsp3) is 0.333. The van der Waals surface area contributed by atoms with Gasteiger partial charge in [0, 0.05) is 24.4 Å². The number of benzene rings is 1. The molecule has 0 aliphatic heterocycles. The van der Waals surface area contributed by atoms with Crippen LogP contribution >= 0.6 is 0 Å². The predicted molar refractivity (Wildman–Crippen MR) is 75.0 cm³/mol. The molecule has 0 aromatic heterocycles. The van der Waals surface area contributed by atoms with Crippen LogP contribution in [0.15, 0.2) is 29.2 Å². The third kappa shape index (κ3) is 5.27. The van der Waals surface area contributed by atoms with Gasteiger partial charge in [0.05, 0.1) is 4.90 Å². The molecule has 0 aliphatic carbocycles. The van der Waals surface area contributed by atoms with E-state index in [-0.39, 0.29) is 11.3 Å². The molecule has 1 aromatic carbocycles. The molecule has 0 aliphatic rings. The molecule has 0 heterocycles. The third-order valence-corrected chi connectivity index (χ3v) is 3.52. The normalized spacial score (nSPS) is 12.5. The number of urea groups is 1. The third-order valence-electron chi connectivity index (χ3n) is 2.40. The van der Waals surface area contributed by atoms with Crippen molar-refractivity contribution in [3.63, 3.8) is 0 Å². The van der Waals surface area contributed by atoms with E-state index >= 15 is 0 Å². The Morgan fingerprint density at radius 1 is 1.35 bits per heavy atom. The van der Waals surface area contributed by atoms with E-state index in [9.17, 15) is 18.0 Å². The first kappa shape index (κ1) is 16.0. The van der Waals surface area contributed by atoms with Crippen LogP contribution in [0.5, 0.6) is 0 Å². The Kier molecular flexibility index (Phi) is 5.09. The number of primary amides is 1. The summed E-state index contributed by atoms with van der Waals surface area (Å²) in [7, 11) is -3.33. The van der Waals surface area contributed by atoms with Gasteiger partial charge in [-0.2, -0.15) is 0 Å². The Labute approximate surface area is 117 Å². The molecule has 1 aromatic rings. The Balaban J connectivity index is 2.69. The second-order valence-electron chi connectivity index (χ2n) is 4.47. The first-order chi connectivity index (χ1) is 9.18. The van der Waals surface area contributed by atoms with Gasteiger partial charge >= 0.3 is 6.03 Å².